The van der Waals surface area contributed by atoms with Gasteiger partial charge in [0, 0.05) is 6.42 Å². The van der Waals surface area contributed by atoms with Crippen molar-refractivity contribution in [2.24, 2.45) is 0 Å². The summed E-state index contributed by atoms with van der Waals surface area (Å²) in [6.07, 6.45) is -8.18. The Bertz CT molecular complexity index is 507. The monoisotopic (exact) mass is 304 g/mol. The lowest BCUT2D eigenvalue weighted by Crippen LogP contribution is -2.17. The van der Waals surface area contributed by atoms with Gasteiger partial charge < -0.3 is 4.74 Å². The van der Waals surface area contributed by atoms with Gasteiger partial charge in [-0.15, -0.1) is 10.2 Å². The van der Waals surface area contributed by atoms with Gasteiger partial charge in [0.1, 0.15) is 0 Å². The molecule has 1 aromatic heterocycles. The van der Waals surface area contributed by atoms with E-state index in [9.17, 15) is 31.1 Å². The number of nitrogens with zero attached hydrogens (tertiary/aromatic N) is 4. The molecule has 20 heavy (non-hydrogen) atoms. The Hall–Kier alpha value is -2.14. The number of aromatic nitrogens is 4. The molecule has 1 aromatic rings. The average molecular weight is 304 g/mol. The smallest absolute Gasteiger partial charge is 0.455 e. The second-order valence-electron chi connectivity index (χ2n) is 3.28. The van der Waals surface area contributed by atoms with Gasteiger partial charge in [-0.1, -0.05) is 0 Å². The Morgan fingerprint density at radius 2 is 1.90 bits per heavy atom. The molecule has 0 fully saturated rings. The van der Waals surface area contributed by atoms with Crippen molar-refractivity contribution >= 4 is 5.97 Å². The zero-order valence-electron chi connectivity index (χ0n) is 9.49. The maximum atomic E-state index is 12.3. The van der Waals surface area contributed by atoms with Crippen LogP contribution in [0.2, 0.25) is 0 Å². The first-order valence-corrected chi connectivity index (χ1v) is 4.90. The molecule has 0 aliphatic carbocycles. The molecule has 0 saturated carbocycles. The van der Waals surface area contributed by atoms with Gasteiger partial charge >= 0.3 is 18.2 Å². The molecule has 1 rings (SSSR count). The molecule has 0 bridgehead atoms. The number of carbonyl (C=O) groups excluding carboxylic acids is 1. The number of halogens is 6. The normalized spacial score (nSPS) is 11.3. The molecule has 0 spiro atoms. The molecule has 0 aromatic carbocycles. The van der Waals surface area contributed by atoms with Crippen LogP contribution in [0, 0.1) is 0 Å². The second kappa shape index (κ2) is 6.34. The van der Waals surface area contributed by atoms with Crippen LogP contribution in [-0.4, -0.2) is 32.8 Å². The number of esters is 1. The minimum atomic E-state index is -4.81. The summed E-state index contributed by atoms with van der Waals surface area (Å²) in [7, 11) is 0. The van der Waals surface area contributed by atoms with Crippen LogP contribution in [0.4, 0.5) is 26.3 Å². The first kappa shape index (κ1) is 15.9. The SMILES string of the molecule is O=C(Cn1nnc(C(F)(F)F)n1)OCCC(F)=C(F)F. The zero-order valence-corrected chi connectivity index (χ0v) is 9.49. The van der Waals surface area contributed by atoms with E-state index in [1.165, 1.54) is 0 Å². The molecule has 0 aliphatic heterocycles. The van der Waals surface area contributed by atoms with Crippen LogP contribution in [0.5, 0.6) is 0 Å². The Morgan fingerprint density at radius 3 is 2.40 bits per heavy atom. The summed E-state index contributed by atoms with van der Waals surface area (Å²) in [5, 5.41) is 8.46. The molecule has 0 amide bonds. The van der Waals surface area contributed by atoms with Crippen molar-refractivity contribution in [1.29, 1.82) is 0 Å². The van der Waals surface area contributed by atoms with Crippen molar-refractivity contribution in [3.63, 3.8) is 0 Å². The van der Waals surface area contributed by atoms with Gasteiger partial charge in [-0.05, 0) is 5.21 Å². The fourth-order valence-corrected chi connectivity index (χ4v) is 0.934. The lowest BCUT2D eigenvalue weighted by atomic mass is 10.4. The molecule has 0 aliphatic rings. The van der Waals surface area contributed by atoms with E-state index in [1.54, 1.807) is 0 Å². The predicted octanol–water partition coefficient (Wildman–Crippen LogP) is 1.70. The summed E-state index contributed by atoms with van der Waals surface area (Å²) in [5.74, 6) is -4.40. The van der Waals surface area contributed by atoms with Crippen LogP contribution in [-0.2, 0) is 22.3 Å². The third kappa shape index (κ3) is 4.85. The Kier molecular flexibility index (Phi) is 5.05. The number of rotatable bonds is 5. The first-order valence-electron chi connectivity index (χ1n) is 4.90. The molecule has 6 nitrogen and oxygen atoms in total. The maximum absolute atomic E-state index is 12.3. The van der Waals surface area contributed by atoms with E-state index in [0.717, 1.165) is 0 Å². The molecule has 12 heteroatoms. The van der Waals surface area contributed by atoms with Crippen LogP contribution in [0.1, 0.15) is 12.2 Å². The first-order chi connectivity index (χ1) is 9.20. The summed E-state index contributed by atoms with van der Waals surface area (Å²) in [6.45, 7) is -1.50. The van der Waals surface area contributed by atoms with E-state index in [-0.39, 0.29) is 0 Å². The lowest BCUT2D eigenvalue weighted by molar-refractivity contribution is -0.147. The third-order valence-electron chi connectivity index (χ3n) is 1.77. The van der Waals surface area contributed by atoms with Gasteiger partial charge in [-0.3, -0.25) is 0 Å². The summed E-state index contributed by atoms with van der Waals surface area (Å²) >= 11 is 0. The molecule has 0 unspecified atom stereocenters. The average Bonchev–Trinajstić information content (AvgIpc) is 2.76. The highest BCUT2D eigenvalue weighted by Gasteiger charge is 2.36. The Balaban J connectivity index is 2.44. The largest absolute Gasteiger partial charge is 0.464 e. The van der Waals surface area contributed by atoms with E-state index in [2.05, 4.69) is 20.1 Å². The molecular formula is C8H6F6N4O2. The summed E-state index contributed by atoms with van der Waals surface area (Å²) in [4.78, 5) is 11.4. The maximum Gasteiger partial charge on any atom is 0.455 e. The summed E-state index contributed by atoms with van der Waals surface area (Å²) < 4.78 is 76.2. The van der Waals surface area contributed by atoms with Gasteiger partial charge in [0.25, 0.3) is 5.82 Å². The van der Waals surface area contributed by atoms with Crippen molar-refractivity contribution in [2.45, 2.75) is 19.1 Å². The molecule has 1 heterocycles. The van der Waals surface area contributed by atoms with Crippen LogP contribution in [0.15, 0.2) is 11.9 Å². The quantitative estimate of drug-likeness (QED) is 0.612. The van der Waals surface area contributed by atoms with Crippen LogP contribution in [0.3, 0.4) is 0 Å². The molecule has 112 valence electrons. The highest BCUT2D eigenvalue weighted by Crippen LogP contribution is 2.24. The fourth-order valence-electron chi connectivity index (χ4n) is 0.934. The van der Waals surface area contributed by atoms with E-state index in [0.29, 0.717) is 4.80 Å². The number of hydrogen-bond donors (Lipinski definition) is 0. The van der Waals surface area contributed by atoms with E-state index >= 15 is 0 Å². The number of ether oxygens (including phenoxy) is 1. The van der Waals surface area contributed by atoms with Gasteiger partial charge in [-0.2, -0.15) is 26.7 Å². The highest BCUT2D eigenvalue weighted by molar-refractivity contribution is 5.68. The van der Waals surface area contributed by atoms with Crippen LogP contribution in [0.25, 0.3) is 0 Å². The standard InChI is InChI=1S/C8H6F6N4O2/c9-4(6(10)11)1-2-20-5(19)3-18-16-7(15-17-18)8(12,13)14/h1-3H2. The molecule has 0 atom stereocenters. The minimum absolute atomic E-state index is 0.313. The topological polar surface area (TPSA) is 69.9 Å². The number of tetrazole rings is 1. The van der Waals surface area contributed by atoms with Crippen molar-refractivity contribution < 1.29 is 35.9 Å². The molecule has 0 saturated heterocycles. The highest BCUT2D eigenvalue weighted by atomic mass is 19.4. The van der Waals surface area contributed by atoms with Gasteiger partial charge in [-0.25, -0.2) is 9.18 Å². The van der Waals surface area contributed by atoms with Crippen LogP contribution < -0.4 is 0 Å². The molecule has 0 radical (unpaired) electrons. The summed E-state index contributed by atoms with van der Waals surface area (Å²) in [5.41, 5.74) is 0. The van der Waals surface area contributed by atoms with Crippen molar-refractivity contribution in [1.82, 2.24) is 20.2 Å². The zero-order chi connectivity index (χ0) is 15.3. The van der Waals surface area contributed by atoms with E-state index < -0.39 is 49.4 Å². The van der Waals surface area contributed by atoms with Gasteiger partial charge in [0.05, 0.1) is 6.61 Å². The van der Waals surface area contributed by atoms with E-state index in [1.807, 2.05) is 0 Å². The Labute approximate surface area is 107 Å². The van der Waals surface area contributed by atoms with Gasteiger partial charge in [0.15, 0.2) is 12.4 Å². The summed E-state index contributed by atoms with van der Waals surface area (Å²) in [6, 6.07) is 0. The number of alkyl halides is 3. The third-order valence-corrected chi connectivity index (χ3v) is 1.77. The number of hydrogen-bond acceptors (Lipinski definition) is 5. The van der Waals surface area contributed by atoms with Crippen molar-refractivity contribution in [2.75, 3.05) is 6.61 Å². The fraction of sp³-hybridized carbons (Fsp3) is 0.500. The number of carbonyl (C=O) groups is 1. The molecular weight excluding hydrogens is 298 g/mol. The minimum Gasteiger partial charge on any atom is -0.464 e. The van der Waals surface area contributed by atoms with Crippen molar-refractivity contribution in [3.05, 3.63) is 17.7 Å². The molecule has 0 N–H and O–H groups in total. The van der Waals surface area contributed by atoms with Crippen LogP contribution >= 0.6 is 0 Å². The predicted molar refractivity (Wildman–Crippen MR) is 48.7 cm³/mol. The van der Waals surface area contributed by atoms with E-state index in [4.69, 9.17) is 0 Å². The lowest BCUT2D eigenvalue weighted by Gasteiger charge is -2.02. The van der Waals surface area contributed by atoms with Crippen molar-refractivity contribution in [3.8, 4) is 0 Å². The Morgan fingerprint density at radius 1 is 1.25 bits per heavy atom. The van der Waals surface area contributed by atoms with Gasteiger partial charge in [0.2, 0.25) is 0 Å². The second-order valence-corrected chi connectivity index (χ2v) is 3.28.